The van der Waals surface area contributed by atoms with Gasteiger partial charge in [0.25, 0.3) is 5.91 Å². The van der Waals surface area contributed by atoms with Crippen molar-refractivity contribution in [1.29, 1.82) is 0 Å². The SMILES string of the molecule is C[NH+](CC(=O)Nc1ccc(Cl)cc1)Cc1cc(=O)oc2cc(O)ccc12. The second kappa shape index (κ2) is 7.59. The summed E-state index contributed by atoms with van der Waals surface area (Å²) < 4.78 is 5.12. The fourth-order valence-corrected chi connectivity index (χ4v) is 2.89. The van der Waals surface area contributed by atoms with Crippen LogP contribution >= 0.6 is 11.6 Å². The highest BCUT2D eigenvalue weighted by Crippen LogP contribution is 2.21. The number of carbonyl (C=O) groups excluding carboxylic acids is 1. The molecule has 1 aromatic heterocycles. The summed E-state index contributed by atoms with van der Waals surface area (Å²) in [5, 5.41) is 13.7. The molecule has 3 aromatic rings. The number of fused-ring (bicyclic) bond motifs is 1. The zero-order chi connectivity index (χ0) is 18.7. The molecule has 0 spiro atoms. The molecule has 3 N–H and O–H groups in total. The number of hydrogen-bond acceptors (Lipinski definition) is 4. The fourth-order valence-electron chi connectivity index (χ4n) is 2.76. The monoisotopic (exact) mass is 373 g/mol. The molecule has 0 aliphatic carbocycles. The third-order valence-electron chi connectivity index (χ3n) is 3.90. The molecule has 1 atom stereocenters. The number of likely N-dealkylation sites (N-methyl/N-ethyl adjacent to an activating group) is 1. The van der Waals surface area contributed by atoms with E-state index in [0.29, 0.717) is 22.8 Å². The van der Waals surface area contributed by atoms with Gasteiger partial charge in [0.05, 0.1) is 7.05 Å². The van der Waals surface area contributed by atoms with Gasteiger partial charge in [0, 0.05) is 33.8 Å². The zero-order valence-corrected chi connectivity index (χ0v) is 14.8. The maximum atomic E-state index is 12.2. The van der Waals surface area contributed by atoms with Gasteiger partial charge in [0.1, 0.15) is 17.9 Å². The Morgan fingerprint density at radius 3 is 2.65 bits per heavy atom. The van der Waals surface area contributed by atoms with Gasteiger partial charge in [-0.05, 0) is 36.4 Å². The molecule has 1 unspecified atom stereocenters. The number of rotatable bonds is 5. The molecule has 1 amide bonds. The van der Waals surface area contributed by atoms with Gasteiger partial charge in [0.15, 0.2) is 6.54 Å². The molecule has 0 aliphatic heterocycles. The van der Waals surface area contributed by atoms with Crippen LogP contribution in [0.5, 0.6) is 5.75 Å². The first kappa shape index (κ1) is 18.0. The van der Waals surface area contributed by atoms with Gasteiger partial charge in [-0.25, -0.2) is 4.79 Å². The van der Waals surface area contributed by atoms with Crippen LogP contribution in [-0.2, 0) is 11.3 Å². The average molecular weight is 374 g/mol. The van der Waals surface area contributed by atoms with Crippen LogP contribution in [0.1, 0.15) is 5.56 Å². The fraction of sp³-hybridized carbons (Fsp3) is 0.158. The van der Waals surface area contributed by atoms with Crippen molar-refractivity contribution in [1.82, 2.24) is 0 Å². The number of aromatic hydroxyl groups is 1. The Morgan fingerprint density at radius 1 is 1.19 bits per heavy atom. The minimum absolute atomic E-state index is 0.0286. The van der Waals surface area contributed by atoms with Crippen LogP contribution < -0.4 is 15.8 Å². The quantitative estimate of drug-likeness (QED) is 0.595. The van der Waals surface area contributed by atoms with E-state index in [0.717, 1.165) is 15.8 Å². The molecule has 0 radical (unpaired) electrons. The summed E-state index contributed by atoms with van der Waals surface area (Å²) in [5.74, 6) is -0.115. The number of nitrogens with one attached hydrogen (secondary N) is 2. The van der Waals surface area contributed by atoms with E-state index in [2.05, 4.69) is 5.32 Å². The topological polar surface area (TPSA) is 84.0 Å². The van der Waals surface area contributed by atoms with Crippen molar-refractivity contribution in [2.75, 3.05) is 18.9 Å². The number of amides is 1. The summed E-state index contributed by atoms with van der Waals surface area (Å²) in [6.45, 7) is 0.684. The van der Waals surface area contributed by atoms with E-state index in [4.69, 9.17) is 16.0 Å². The van der Waals surface area contributed by atoms with E-state index in [-0.39, 0.29) is 18.2 Å². The highest BCUT2D eigenvalue weighted by Gasteiger charge is 2.14. The first-order valence-electron chi connectivity index (χ1n) is 8.03. The number of phenols is 1. The Balaban J connectivity index is 1.70. The van der Waals surface area contributed by atoms with Crippen molar-refractivity contribution < 1.29 is 19.2 Å². The number of quaternary nitrogens is 1. The molecule has 6 nitrogen and oxygen atoms in total. The molecule has 3 rings (SSSR count). The summed E-state index contributed by atoms with van der Waals surface area (Å²) in [4.78, 5) is 24.8. The molecule has 0 saturated carbocycles. The first-order chi connectivity index (χ1) is 12.4. The van der Waals surface area contributed by atoms with E-state index < -0.39 is 5.63 Å². The summed E-state index contributed by atoms with van der Waals surface area (Å²) in [7, 11) is 1.86. The summed E-state index contributed by atoms with van der Waals surface area (Å²) in [6, 6.07) is 12.9. The highest BCUT2D eigenvalue weighted by molar-refractivity contribution is 6.30. The molecule has 0 aliphatic rings. The van der Waals surface area contributed by atoms with Crippen LogP contribution in [0.4, 0.5) is 5.69 Å². The maximum Gasteiger partial charge on any atom is 0.336 e. The summed E-state index contributed by atoms with van der Waals surface area (Å²) in [5.41, 5.74) is 1.27. The third-order valence-corrected chi connectivity index (χ3v) is 4.15. The summed E-state index contributed by atoms with van der Waals surface area (Å²) in [6.07, 6.45) is 0. The van der Waals surface area contributed by atoms with Gasteiger partial charge < -0.3 is 19.7 Å². The highest BCUT2D eigenvalue weighted by atomic mass is 35.5. The molecule has 0 saturated heterocycles. The van der Waals surface area contributed by atoms with Crippen LogP contribution in [0.15, 0.2) is 57.7 Å². The van der Waals surface area contributed by atoms with Crippen molar-refractivity contribution in [3.8, 4) is 5.75 Å². The second-order valence-corrected chi connectivity index (χ2v) is 6.57. The van der Waals surface area contributed by atoms with Gasteiger partial charge in [-0.2, -0.15) is 0 Å². The molecule has 134 valence electrons. The smallest absolute Gasteiger partial charge is 0.336 e. The van der Waals surface area contributed by atoms with E-state index in [1.54, 1.807) is 30.3 Å². The Bertz CT molecular complexity index is 999. The number of phenolic OH excluding ortho intramolecular Hbond substituents is 1. The van der Waals surface area contributed by atoms with Crippen LogP contribution in [0.2, 0.25) is 5.02 Å². The van der Waals surface area contributed by atoms with Crippen molar-refractivity contribution in [2.24, 2.45) is 0 Å². The Morgan fingerprint density at radius 2 is 1.92 bits per heavy atom. The molecule has 26 heavy (non-hydrogen) atoms. The minimum Gasteiger partial charge on any atom is -0.508 e. The molecule has 0 bridgehead atoms. The minimum atomic E-state index is -0.489. The van der Waals surface area contributed by atoms with Gasteiger partial charge in [-0.3, -0.25) is 4.79 Å². The predicted octanol–water partition coefficient (Wildman–Crippen LogP) is 1.81. The zero-order valence-electron chi connectivity index (χ0n) is 14.1. The van der Waals surface area contributed by atoms with Crippen molar-refractivity contribution in [2.45, 2.75) is 6.54 Å². The lowest BCUT2D eigenvalue weighted by Gasteiger charge is -2.15. The standard InChI is InChI=1S/C19H17ClN2O4/c1-22(11-18(24)21-14-4-2-13(20)3-5-14)10-12-8-19(25)26-17-9-15(23)6-7-16(12)17/h2-9,23H,10-11H2,1H3,(H,21,24)/p+1. The van der Waals surface area contributed by atoms with Crippen molar-refractivity contribution >= 4 is 34.2 Å². The number of hydrogen-bond donors (Lipinski definition) is 3. The van der Waals surface area contributed by atoms with Gasteiger partial charge >= 0.3 is 5.63 Å². The van der Waals surface area contributed by atoms with E-state index in [1.807, 2.05) is 7.05 Å². The second-order valence-electron chi connectivity index (χ2n) is 6.14. The maximum absolute atomic E-state index is 12.2. The molecule has 1 heterocycles. The number of anilines is 1. The van der Waals surface area contributed by atoms with Gasteiger partial charge in [-0.1, -0.05) is 11.6 Å². The normalized spacial score (nSPS) is 12.1. The number of halogens is 1. The summed E-state index contributed by atoms with van der Waals surface area (Å²) >= 11 is 5.83. The first-order valence-corrected chi connectivity index (χ1v) is 8.41. The molecular weight excluding hydrogens is 356 g/mol. The van der Waals surface area contributed by atoms with Crippen molar-refractivity contribution in [3.05, 3.63) is 69.5 Å². The number of benzene rings is 2. The number of carbonyl (C=O) groups is 1. The lowest BCUT2D eigenvalue weighted by Crippen LogP contribution is -3.08. The Kier molecular flexibility index (Phi) is 5.25. The van der Waals surface area contributed by atoms with E-state index in [1.165, 1.54) is 18.2 Å². The van der Waals surface area contributed by atoms with Crippen molar-refractivity contribution in [3.63, 3.8) is 0 Å². The third kappa shape index (κ3) is 4.41. The Hall–Kier alpha value is -2.83. The average Bonchev–Trinajstić information content (AvgIpc) is 2.56. The Labute approximate surface area is 154 Å². The van der Waals surface area contributed by atoms with Gasteiger partial charge in [0.2, 0.25) is 0 Å². The van der Waals surface area contributed by atoms with E-state index in [9.17, 15) is 14.7 Å². The van der Waals surface area contributed by atoms with Crippen LogP contribution in [0.25, 0.3) is 11.0 Å². The predicted molar refractivity (Wildman–Crippen MR) is 99.7 cm³/mol. The van der Waals surface area contributed by atoms with Crippen LogP contribution in [0, 0.1) is 0 Å². The van der Waals surface area contributed by atoms with Gasteiger partial charge in [-0.15, -0.1) is 0 Å². The molecule has 2 aromatic carbocycles. The largest absolute Gasteiger partial charge is 0.508 e. The molecular formula is C19H18ClN2O4+. The molecule has 0 fully saturated rings. The van der Waals surface area contributed by atoms with Crippen LogP contribution in [0.3, 0.4) is 0 Å². The molecule has 7 heteroatoms. The van der Waals surface area contributed by atoms with Crippen LogP contribution in [-0.4, -0.2) is 24.6 Å². The lowest BCUT2D eigenvalue weighted by molar-refractivity contribution is -0.885. The lowest BCUT2D eigenvalue weighted by atomic mass is 10.1. The van der Waals surface area contributed by atoms with E-state index >= 15 is 0 Å².